The van der Waals surface area contributed by atoms with Crippen LogP contribution in [0.15, 0.2) is 18.2 Å². The summed E-state index contributed by atoms with van der Waals surface area (Å²) in [6.07, 6.45) is -2.25. The van der Waals surface area contributed by atoms with E-state index in [0.717, 1.165) is 44.6 Å². The number of likely N-dealkylation sites (tertiary alicyclic amines) is 1. The molecule has 1 saturated heterocycles. The van der Waals surface area contributed by atoms with E-state index in [9.17, 15) is 17.6 Å². The van der Waals surface area contributed by atoms with E-state index in [4.69, 9.17) is 0 Å². The zero-order valence-corrected chi connectivity index (χ0v) is 12.0. The van der Waals surface area contributed by atoms with Gasteiger partial charge in [0.15, 0.2) is 0 Å². The van der Waals surface area contributed by atoms with E-state index in [-0.39, 0.29) is 6.54 Å². The first-order valence-corrected chi connectivity index (χ1v) is 7.10. The molecule has 0 aliphatic carbocycles. The van der Waals surface area contributed by atoms with Crippen molar-refractivity contribution >= 4 is 0 Å². The van der Waals surface area contributed by atoms with E-state index in [1.165, 1.54) is 0 Å². The third-order valence-electron chi connectivity index (χ3n) is 3.77. The van der Waals surface area contributed by atoms with E-state index < -0.39 is 17.6 Å². The predicted octanol–water partition coefficient (Wildman–Crippen LogP) is 3.28. The molecule has 21 heavy (non-hydrogen) atoms. The maximum absolute atomic E-state index is 13.3. The van der Waals surface area contributed by atoms with E-state index in [1.54, 1.807) is 0 Å². The SMILES string of the molecule is CN1CCCC(CNCc2cc(F)cc(C(F)(F)F)c2)C1. The minimum atomic E-state index is -4.51. The lowest BCUT2D eigenvalue weighted by Crippen LogP contribution is -2.37. The molecule has 0 radical (unpaired) electrons. The summed E-state index contributed by atoms with van der Waals surface area (Å²) >= 11 is 0. The molecular weight excluding hydrogens is 284 g/mol. The van der Waals surface area contributed by atoms with Crippen LogP contribution in [0.2, 0.25) is 0 Å². The highest BCUT2D eigenvalue weighted by molar-refractivity contribution is 5.26. The number of halogens is 4. The number of hydrogen-bond donors (Lipinski definition) is 1. The van der Waals surface area contributed by atoms with Gasteiger partial charge in [-0.25, -0.2) is 4.39 Å². The minimum Gasteiger partial charge on any atom is -0.312 e. The van der Waals surface area contributed by atoms with Gasteiger partial charge < -0.3 is 10.2 Å². The highest BCUT2D eigenvalue weighted by Crippen LogP contribution is 2.30. The summed E-state index contributed by atoms with van der Waals surface area (Å²) in [6, 6.07) is 2.68. The van der Waals surface area contributed by atoms with Crippen LogP contribution in [0.25, 0.3) is 0 Å². The fraction of sp³-hybridized carbons (Fsp3) is 0.600. The zero-order valence-electron chi connectivity index (χ0n) is 12.0. The Morgan fingerprint density at radius 1 is 1.29 bits per heavy atom. The quantitative estimate of drug-likeness (QED) is 0.859. The van der Waals surface area contributed by atoms with Crippen LogP contribution < -0.4 is 5.32 Å². The maximum Gasteiger partial charge on any atom is 0.416 e. The van der Waals surface area contributed by atoms with Gasteiger partial charge in [0.1, 0.15) is 5.82 Å². The van der Waals surface area contributed by atoms with E-state index >= 15 is 0 Å². The van der Waals surface area contributed by atoms with Crippen LogP contribution in [-0.2, 0) is 12.7 Å². The van der Waals surface area contributed by atoms with Crippen molar-refractivity contribution in [3.05, 3.63) is 35.1 Å². The number of nitrogens with zero attached hydrogens (tertiary/aromatic N) is 1. The second-order valence-electron chi connectivity index (χ2n) is 5.75. The molecule has 1 unspecified atom stereocenters. The van der Waals surface area contributed by atoms with Gasteiger partial charge in [0, 0.05) is 13.1 Å². The molecule has 1 aliphatic rings. The monoisotopic (exact) mass is 304 g/mol. The Hall–Kier alpha value is -1.14. The van der Waals surface area contributed by atoms with Crippen molar-refractivity contribution in [1.29, 1.82) is 0 Å². The lowest BCUT2D eigenvalue weighted by atomic mass is 9.98. The first-order chi connectivity index (χ1) is 9.84. The van der Waals surface area contributed by atoms with Crippen LogP contribution in [0.4, 0.5) is 17.6 Å². The van der Waals surface area contributed by atoms with Gasteiger partial charge in [0.25, 0.3) is 0 Å². The topological polar surface area (TPSA) is 15.3 Å². The Labute approximate surface area is 122 Å². The fourth-order valence-corrected chi connectivity index (χ4v) is 2.78. The molecule has 0 amide bonds. The van der Waals surface area contributed by atoms with Gasteiger partial charge in [-0.15, -0.1) is 0 Å². The maximum atomic E-state index is 13.3. The molecule has 2 nitrogen and oxygen atoms in total. The molecule has 0 spiro atoms. The van der Waals surface area contributed by atoms with Crippen molar-refractivity contribution < 1.29 is 17.6 Å². The largest absolute Gasteiger partial charge is 0.416 e. The minimum absolute atomic E-state index is 0.251. The first-order valence-electron chi connectivity index (χ1n) is 7.10. The molecule has 0 aromatic heterocycles. The number of piperidine rings is 1. The van der Waals surface area contributed by atoms with Gasteiger partial charge in [-0.2, -0.15) is 13.2 Å². The first kappa shape index (κ1) is 16.2. The summed E-state index contributed by atoms with van der Waals surface area (Å²) in [5, 5.41) is 3.14. The average molecular weight is 304 g/mol. The molecule has 1 aromatic carbocycles. The van der Waals surface area contributed by atoms with Gasteiger partial charge >= 0.3 is 6.18 Å². The molecular formula is C15H20F4N2. The van der Waals surface area contributed by atoms with Crippen molar-refractivity contribution in [2.75, 3.05) is 26.7 Å². The Balaban J connectivity index is 1.89. The second kappa shape index (κ2) is 6.75. The van der Waals surface area contributed by atoms with Gasteiger partial charge in [-0.05, 0) is 62.7 Å². The van der Waals surface area contributed by atoms with Gasteiger partial charge in [0.2, 0.25) is 0 Å². The van der Waals surface area contributed by atoms with Crippen molar-refractivity contribution in [2.45, 2.75) is 25.6 Å². The van der Waals surface area contributed by atoms with Crippen molar-refractivity contribution in [3.63, 3.8) is 0 Å². The van der Waals surface area contributed by atoms with Crippen molar-refractivity contribution in [2.24, 2.45) is 5.92 Å². The molecule has 0 saturated carbocycles. The summed E-state index contributed by atoms with van der Waals surface area (Å²) < 4.78 is 51.1. The Morgan fingerprint density at radius 2 is 2.05 bits per heavy atom. The third kappa shape index (κ3) is 4.97. The zero-order chi connectivity index (χ0) is 15.5. The van der Waals surface area contributed by atoms with Crippen LogP contribution in [-0.4, -0.2) is 31.6 Å². The molecule has 1 atom stereocenters. The van der Waals surface area contributed by atoms with Gasteiger partial charge in [-0.3, -0.25) is 0 Å². The molecule has 1 aliphatic heterocycles. The molecule has 118 valence electrons. The summed E-state index contributed by atoms with van der Waals surface area (Å²) in [5.74, 6) is -0.349. The van der Waals surface area contributed by atoms with Crippen LogP contribution >= 0.6 is 0 Å². The number of hydrogen-bond acceptors (Lipinski definition) is 2. The molecule has 1 fully saturated rings. The molecule has 6 heteroatoms. The predicted molar refractivity (Wildman–Crippen MR) is 73.3 cm³/mol. The Bertz CT molecular complexity index is 473. The van der Waals surface area contributed by atoms with Gasteiger partial charge in [-0.1, -0.05) is 0 Å². The third-order valence-corrected chi connectivity index (χ3v) is 3.77. The Kier molecular flexibility index (Phi) is 5.22. The normalized spacial score (nSPS) is 20.7. The van der Waals surface area contributed by atoms with E-state index in [0.29, 0.717) is 17.5 Å². The van der Waals surface area contributed by atoms with Crippen molar-refractivity contribution in [1.82, 2.24) is 10.2 Å². The number of rotatable bonds is 4. The van der Waals surface area contributed by atoms with Crippen LogP contribution in [0.1, 0.15) is 24.0 Å². The van der Waals surface area contributed by atoms with Crippen LogP contribution in [0.5, 0.6) is 0 Å². The molecule has 1 heterocycles. The highest BCUT2D eigenvalue weighted by Gasteiger charge is 2.31. The molecule has 0 bridgehead atoms. The van der Waals surface area contributed by atoms with E-state index in [1.807, 2.05) is 0 Å². The van der Waals surface area contributed by atoms with Crippen molar-refractivity contribution in [3.8, 4) is 0 Å². The summed E-state index contributed by atoms with van der Waals surface area (Å²) in [6.45, 7) is 3.07. The lowest BCUT2D eigenvalue weighted by Gasteiger charge is -2.29. The summed E-state index contributed by atoms with van der Waals surface area (Å²) in [5.41, 5.74) is -0.608. The standard InChI is InChI=1S/C15H20F4N2/c1-21-4-2-3-11(10-21)8-20-9-12-5-13(15(17,18)19)7-14(16)6-12/h5-7,11,20H,2-4,8-10H2,1H3. The second-order valence-corrected chi connectivity index (χ2v) is 5.75. The fourth-order valence-electron chi connectivity index (χ4n) is 2.78. The number of nitrogens with one attached hydrogen (secondary N) is 1. The molecule has 1 N–H and O–H groups in total. The number of benzene rings is 1. The molecule has 1 aromatic rings. The smallest absolute Gasteiger partial charge is 0.312 e. The average Bonchev–Trinajstić information content (AvgIpc) is 2.37. The van der Waals surface area contributed by atoms with E-state index in [2.05, 4.69) is 17.3 Å². The Morgan fingerprint density at radius 3 is 2.71 bits per heavy atom. The van der Waals surface area contributed by atoms with Gasteiger partial charge in [0.05, 0.1) is 5.56 Å². The number of alkyl halides is 3. The summed E-state index contributed by atoms with van der Waals surface area (Å²) in [4.78, 5) is 2.25. The molecule has 2 rings (SSSR count). The van der Waals surface area contributed by atoms with Crippen LogP contribution in [0, 0.1) is 11.7 Å². The highest BCUT2D eigenvalue weighted by atomic mass is 19.4. The van der Waals surface area contributed by atoms with Crippen LogP contribution in [0.3, 0.4) is 0 Å². The summed E-state index contributed by atoms with van der Waals surface area (Å²) in [7, 11) is 2.06. The lowest BCUT2D eigenvalue weighted by molar-refractivity contribution is -0.137.